The van der Waals surface area contributed by atoms with Gasteiger partial charge in [-0.25, -0.2) is 8.42 Å². The van der Waals surface area contributed by atoms with Crippen molar-refractivity contribution in [3.63, 3.8) is 0 Å². The molecule has 0 bridgehead atoms. The van der Waals surface area contributed by atoms with Crippen LogP contribution in [0.15, 0.2) is 47.4 Å². The van der Waals surface area contributed by atoms with Crippen LogP contribution in [0.1, 0.15) is 5.56 Å². The van der Waals surface area contributed by atoms with Crippen LogP contribution in [0.25, 0.3) is 0 Å². The van der Waals surface area contributed by atoms with E-state index in [9.17, 15) is 13.5 Å². The summed E-state index contributed by atoms with van der Waals surface area (Å²) in [5.74, 6) is 0.127. The van der Waals surface area contributed by atoms with E-state index in [2.05, 4.69) is 0 Å². The molecule has 2 aromatic carbocycles. The minimum Gasteiger partial charge on any atom is -0.508 e. The van der Waals surface area contributed by atoms with E-state index in [1.54, 1.807) is 12.1 Å². The molecule has 112 valence electrons. The first-order chi connectivity index (χ1) is 9.80. The normalized spacial score (nSPS) is 11.8. The van der Waals surface area contributed by atoms with Crippen molar-refractivity contribution < 1.29 is 13.5 Å². The number of rotatable bonds is 4. The van der Waals surface area contributed by atoms with Gasteiger partial charge in [0.25, 0.3) is 0 Å². The lowest BCUT2D eigenvalue weighted by Gasteiger charge is -2.18. The molecule has 0 amide bonds. The first kappa shape index (κ1) is 16.1. The summed E-state index contributed by atoms with van der Waals surface area (Å²) in [6.45, 7) is 0.158. The smallest absolute Gasteiger partial charge is 0.244 e. The van der Waals surface area contributed by atoms with Crippen molar-refractivity contribution in [3.8, 4) is 5.75 Å². The second kappa shape index (κ2) is 6.23. The van der Waals surface area contributed by atoms with Crippen molar-refractivity contribution in [2.24, 2.45) is 0 Å². The Labute approximate surface area is 133 Å². The van der Waals surface area contributed by atoms with Crippen LogP contribution in [0.5, 0.6) is 5.75 Å². The summed E-state index contributed by atoms with van der Waals surface area (Å²) in [4.78, 5) is -0.0297. The van der Waals surface area contributed by atoms with Crippen LogP contribution < -0.4 is 0 Å². The summed E-state index contributed by atoms with van der Waals surface area (Å²) in [7, 11) is -2.29. The van der Waals surface area contributed by atoms with Gasteiger partial charge in [-0.1, -0.05) is 35.3 Å². The van der Waals surface area contributed by atoms with Crippen LogP contribution in [-0.2, 0) is 16.6 Å². The maximum absolute atomic E-state index is 12.5. The summed E-state index contributed by atoms with van der Waals surface area (Å²) >= 11 is 11.8. The number of halogens is 2. The monoisotopic (exact) mass is 345 g/mol. The van der Waals surface area contributed by atoms with Gasteiger partial charge in [0.15, 0.2) is 0 Å². The fraction of sp³-hybridized carbons (Fsp3) is 0.143. The molecule has 0 heterocycles. The number of benzene rings is 2. The second-order valence-corrected chi connectivity index (χ2v) is 7.36. The second-order valence-electron chi connectivity index (χ2n) is 4.50. The summed E-state index contributed by atoms with van der Waals surface area (Å²) in [5.41, 5.74) is 0.747. The third-order valence-corrected chi connectivity index (χ3v) is 5.44. The van der Waals surface area contributed by atoms with Crippen LogP contribution in [0.4, 0.5) is 0 Å². The zero-order valence-corrected chi connectivity index (χ0v) is 13.5. The molecule has 0 aliphatic rings. The lowest BCUT2D eigenvalue weighted by Crippen LogP contribution is -2.26. The number of phenols is 1. The molecular weight excluding hydrogens is 333 g/mol. The van der Waals surface area contributed by atoms with E-state index >= 15 is 0 Å². The van der Waals surface area contributed by atoms with Gasteiger partial charge in [-0.3, -0.25) is 0 Å². The van der Waals surface area contributed by atoms with E-state index in [0.717, 1.165) is 5.56 Å². The minimum atomic E-state index is -3.75. The number of sulfonamides is 1. The molecule has 7 heteroatoms. The Morgan fingerprint density at radius 2 is 1.71 bits per heavy atom. The first-order valence-corrected chi connectivity index (χ1v) is 8.19. The number of phenolic OH excluding ortho intramolecular Hbond substituents is 1. The highest BCUT2D eigenvalue weighted by molar-refractivity contribution is 7.89. The van der Waals surface area contributed by atoms with Crippen molar-refractivity contribution in [2.45, 2.75) is 11.4 Å². The average molecular weight is 346 g/mol. The maximum Gasteiger partial charge on any atom is 0.244 e. The Kier molecular flexibility index (Phi) is 4.78. The molecule has 0 unspecified atom stereocenters. The third-order valence-electron chi connectivity index (χ3n) is 2.92. The minimum absolute atomic E-state index is 0.0297. The Morgan fingerprint density at radius 1 is 1.10 bits per heavy atom. The molecule has 2 rings (SSSR count). The van der Waals surface area contributed by atoms with Gasteiger partial charge in [-0.2, -0.15) is 4.31 Å². The molecule has 0 aliphatic carbocycles. The molecule has 1 N–H and O–H groups in total. The van der Waals surface area contributed by atoms with Crippen LogP contribution in [0.3, 0.4) is 0 Å². The van der Waals surface area contributed by atoms with Gasteiger partial charge >= 0.3 is 0 Å². The quantitative estimate of drug-likeness (QED) is 0.922. The largest absolute Gasteiger partial charge is 0.508 e. The average Bonchev–Trinajstić information content (AvgIpc) is 2.43. The van der Waals surface area contributed by atoms with Gasteiger partial charge in [0.1, 0.15) is 10.6 Å². The standard InChI is InChI=1S/C14H13Cl2NO3S/c1-17(9-10-2-5-12(18)6-3-10)21(19,20)14-8-11(15)4-7-13(14)16/h2-8,18H,9H2,1H3. The van der Waals surface area contributed by atoms with E-state index in [4.69, 9.17) is 23.2 Å². The van der Waals surface area contributed by atoms with Crippen LogP contribution in [0, 0.1) is 0 Å². The highest BCUT2D eigenvalue weighted by atomic mass is 35.5. The molecule has 0 atom stereocenters. The van der Waals surface area contributed by atoms with E-state index < -0.39 is 10.0 Å². The van der Waals surface area contributed by atoms with Crippen LogP contribution >= 0.6 is 23.2 Å². The summed E-state index contributed by atoms with van der Waals surface area (Å²) in [6, 6.07) is 10.6. The molecule has 0 spiro atoms. The molecule has 0 aliphatic heterocycles. The lowest BCUT2D eigenvalue weighted by atomic mass is 10.2. The molecule has 0 saturated carbocycles. The SMILES string of the molecule is CN(Cc1ccc(O)cc1)S(=O)(=O)c1cc(Cl)ccc1Cl. The topological polar surface area (TPSA) is 57.6 Å². The van der Waals surface area contributed by atoms with Gasteiger partial charge in [-0.05, 0) is 35.9 Å². The summed E-state index contributed by atoms with van der Waals surface area (Å²) in [5, 5.41) is 9.66. The summed E-state index contributed by atoms with van der Waals surface area (Å²) < 4.78 is 26.2. The third kappa shape index (κ3) is 3.68. The number of nitrogens with zero attached hydrogens (tertiary/aromatic N) is 1. The highest BCUT2D eigenvalue weighted by Gasteiger charge is 2.24. The van der Waals surface area contributed by atoms with E-state index in [-0.39, 0.29) is 22.2 Å². The van der Waals surface area contributed by atoms with Gasteiger partial charge in [0, 0.05) is 18.6 Å². The van der Waals surface area contributed by atoms with E-state index in [0.29, 0.717) is 5.02 Å². The summed E-state index contributed by atoms with van der Waals surface area (Å²) in [6.07, 6.45) is 0. The van der Waals surface area contributed by atoms with E-state index in [1.165, 1.54) is 41.7 Å². The van der Waals surface area contributed by atoms with Crippen molar-refractivity contribution in [1.29, 1.82) is 0 Å². The molecule has 0 radical (unpaired) electrons. The van der Waals surface area contributed by atoms with Gasteiger partial charge < -0.3 is 5.11 Å². The Morgan fingerprint density at radius 3 is 2.33 bits per heavy atom. The predicted octanol–water partition coefficient (Wildman–Crippen LogP) is 3.52. The lowest BCUT2D eigenvalue weighted by molar-refractivity contribution is 0.463. The molecule has 4 nitrogen and oxygen atoms in total. The maximum atomic E-state index is 12.5. The number of aromatic hydroxyl groups is 1. The fourth-order valence-electron chi connectivity index (χ4n) is 1.79. The van der Waals surface area contributed by atoms with Gasteiger partial charge in [0.05, 0.1) is 5.02 Å². The molecule has 21 heavy (non-hydrogen) atoms. The molecule has 0 aromatic heterocycles. The highest BCUT2D eigenvalue weighted by Crippen LogP contribution is 2.28. The van der Waals surface area contributed by atoms with Gasteiger partial charge in [0.2, 0.25) is 10.0 Å². The van der Waals surface area contributed by atoms with Crippen LogP contribution in [-0.4, -0.2) is 24.9 Å². The zero-order valence-electron chi connectivity index (χ0n) is 11.1. The fourth-order valence-corrected chi connectivity index (χ4v) is 3.68. The molecule has 0 fully saturated rings. The number of hydrogen-bond acceptors (Lipinski definition) is 3. The number of hydrogen-bond donors (Lipinski definition) is 1. The Balaban J connectivity index is 2.30. The predicted molar refractivity (Wildman–Crippen MR) is 83.2 cm³/mol. The van der Waals surface area contributed by atoms with Gasteiger partial charge in [-0.15, -0.1) is 0 Å². The van der Waals surface area contributed by atoms with Crippen LogP contribution in [0.2, 0.25) is 10.0 Å². The zero-order chi connectivity index (χ0) is 15.6. The Bertz CT molecular complexity index is 745. The molecule has 0 saturated heterocycles. The van der Waals surface area contributed by atoms with Crippen molar-refractivity contribution in [3.05, 3.63) is 58.1 Å². The Hall–Kier alpha value is -1.27. The van der Waals surface area contributed by atoms with Crippen molar-refractivity contribution >= 4 is 33.2 Å². The first-order valence-electron chi connectivity index (χ1n) is 6.00. The van der Waals surface area contributed by atoms with Crippen molar-refractivity contribution in [2.75, 3.05) is 7.05 Å². The molecular formula is C14H13Cl2NO3S. The van der Waals surface area contributed by atoms with E-state index in [1.807, 2.05) is 0 Å². The van der Waals surface area contributed by atoms with Crippen molar-refractivity contribution in [1.82, 2.24) is 4.31 Å². The molecule has 2 aromatic rings.